The van der Waals surface area contributed by atoms with Gasteiger partial charge in [0.25, 0.3) is 0 Å². The van der Waals surface area contributed by atoms with Gasteiger partial charge in [0.2, 0.25) is 15.9 Å². The van der Waals surface area contributed by atoms with E-state index in [1.807, 2.05) is 58.8 Å². The Bertz CT molecular complexity index is 1190. The molecule has 1 amide bonds. The smallest absolute Gasteiger partial charge is 0.243 e. The van der Waals surface area contributed by atoms with Crippen LogP contribution in [-0.4, -0.2) is 43.7 Å². The van der Waals surface area contributed by atoms with Gasteiger partial charge in [-0.15, -0.1) is 11.3 Å². The fourth-order valence-corrected chi connectivity index (χ4v) is 6.41. The Morgan fingerprint density at radius 1 is 1.00 bits per heavy atom. The number of hydrogen-bond donors (Lipinski definition) is 0. The molecule has 0 saturated carbocycles. The average molecular weight is 499 g/mol. The number of ether oxygens (including phenoxy) is 1. The van der Waals surface area contributed by atoms with Crippen LogP contribution in [0.4, 0.5) is 0 Å². The van der Waals surface area contributed by atoms with Gasteiger partial charge >= 0.3 is 0 Å². The minimum absolute atomic E-state index is 0.0491. The first-order chi connectivity index (χ1) is 16.5. The number of nitrogens with zero attached hydrogens (tertiary/aromatic N) is 2. The maximum atomic E-state index is 13.2. The number of amides is 1. The lowest BCUT2D eigenvalue weighted by Gasteiger charge is -2.23. The maximum absolute atomic E-state index is 13.2. The number of thiophene rings is 1. The van der Waals surface area contributed by atoms with Crippen molar-refractivity contribution >= 4 is 27.3 Å². The van der Waals surface area contributed by atoms with Gasteiger partial charge in [0, 0.05) is 36.5 Å². The molecule has 0 atom stereocenters. The van der Waals surface area contributed by atoms with E-state index in [1.54, 1.807) is 34.9 Å². The molecule has 34 heavy (non-hydrogen) atoms. The summed E-state index contributed by atoms with van der Waals surface area (Å²) in [6, 6.07) is 18.7. The molecule has 180 valence electrons. The van der Waals surface area contributed by atoms with Crippen molar-refractivity contribution < 1.29 is 17.9 Å². The van der Waals surface area contributed by atoms with E-state index in [0.717, 1.165) is 34.6 Å². The molecule has 2 aromatic carbocycles. The molecule has 6 nitrogen and oxygen atoms in total. The summed E-state index contributed by atoms with van der Waals surface area (Å²) in [5.74, 6) is 0.814. The Hall–Kier alpha value is -2.68. The summed E-state index contributed by atoms with van der Waals surface area (Å²) in [5.41, 5.74) is 1.91. The number of benzene rings is 2. The normalized spacial score (nSPS) is 14.3. The summed E-state index contributed by atoms with van der Waals surface area (Å²) in [7, 11) is -1.79. The van der Waals surface area contributed by atoms with Gasteiger partial charge in [0.1, 0.15) is 5.75 Å². The number of rotatable bonds is 10. The van der Waals surface area contributed by atoms with E-state index in [1.165, 1.54) is 0 Å². The third-order valence-electron chi connectivity index (χ3n) is 6.09. The molecule has 3 aromatic rings. The molecule has 0 aliphatic carbocycles. The standard InChI is InChI=1S/C26H30N2O4S2/c1-32-25-9-3-2-7-22(25)19-27(20-23-8-6-18-33-23)26(29)15-12-21-10-13-24(14-11-21)34(30,31)28-16-4-5-17-28/h2-3,6-11,13-14,18H,4-5,12,15-17,19-20H2,1H3. The van der Waals surface area contributed by atoms with Gasteiger partial charge < -0.3 is 9.64 Å². The quantitative estimate of drug-likeness (QED) is 0.406. The van der Waals surface area contributed by atoms with Gasteiger partial charge in [-0.3, -0.25) is 4.79 Å². The third kappa shape index (κ3) is 5.87. The van der Waals surface area contributed by atoms with Crippen LogP contribution in [0.15, 0.2) is 70.9 Å². The topological polar surface area (TPSA) is 66.9 Å². The molecule has 2 heterocycles. The number of sulfonamides is 1. The van der Waals surface area contributed by atoms with Crippen molar-refractivity contribution in [1.82, 2.24) is 9.21 Å². The maximum Gasteiger partial charge on any atom is 0.243 e. The zero-order chi connectivity index (χ0) is 24.0. The first-order valence-corrected chi connectivity index (χ1v) is 13.8. The van der Waals surface area contributed by atoms with Crippen molar-refractivity contribution in [3.63, 3.8) is 0 Å². The summed E-state index contributed by atoms with van der Waals surface area (Å²) in [6.45, 7) is 2.19. The summed E-state index contributed by atoms with van der Waals surface area (Å²) in [5, 5.41) is 2.01. The average Bonchev–Trinajstić information content (AvgIpc) is 3.58. The lowest BCUT2D eigenvalue weighted by molar-refractivity contribution is -0.132. The van der Waals surface area contributed by atoms with E-state index in [4.69, 9.17) is 4.74 Å². The van der Waals surface area contributed by atoms with Crippen LogP contribution in [0.2, 0.25) is 0 Å². The lowest BCUT2D eigenvalue weighted by atomic mass is 10.1. The van der Waals surface area contributed by atoms with Crippen LogP contribution in [-0.2, 0) is 34.3 Å². The first-order valence-electron chi connectivity index (χ1n) is 11.5. The van der Waals surface area contributed by atoms with Crippen molar-refractivity contribution in [2.24, 2.45) is 0 Å². The second-order valence-corrected chi connectivity index (χ2v) is 11.4. The molecular weight excluding hydrogens is 468 g/mol. The molecule has 8 heteroatoms. The summed E-state index contributed by atoms with van der Waals surface area (Å²) < 4.78 is 32.5. The van der Waals surface area contributed by atoms with Crippen molar-refractivity contribution in [1.29, 1.82) is 0 Å². The lowest BCUT2D eigenvalue weighted by Crippen LogP contribution is -2.30. The van der Waals surface area contributed by atoms with E-state index < -0.39 is 10.0 Å². The number of para-hydroxylation sites is 1. The molecule has 1 fully saturated rings. The summed E-state index contributed by atoms with van der Waals surface area (Å²) >= 11 is 1.63. The number of methoxy groups -OCH3 is 1. The fourth-order valence-electron chi connectivity index (χ4n) is 4.18. The zero-order valence-electron chi connectivity index (χ0n) is 19.4. The van der Waals surface area contributed by atoms with Crippen molar-refractivity contribution in [3.05, 3.63) is 82.0 Å². The van der Waals surface area contributed by atoms with Gasteiger partial charge in [0.05, 0.1) is 18.6 Å². The molecule has 0 spiro atoms. The Kier molecular flexibility index (Phi) is 8.03. The molecule has 4 rings (SSSR count). The van der Waals surface area contributed by atoms with Crippen LogP contribution >= 0.6 is 11.3 Å². The number of carbonyl (C=O) groups excluding carboxylic acids is 1. The monoisotopic (exact) mass is 498 g/mol. The second-order valence-electron chi connectivity index (χ2n) is 8.40. The van der Waals surface area contributed by atoms with Crippen molar-refractivity contribution in [2.45, 2.75) is 43.7 Å². The molecular formula is C26H30N2O4S2. The molecule has 1 aromatic heterocycles. The predicted molar refractivity (Wildman–Crippen MR) is 134 cm³/mol. The highest BCUT2D eigenvalue weighted by atomic mass is 32.2. The molecule has 0 unspecified atom stereocenters. The Morgan fingerprint density at radius 3 is 2.41 bits per heavy atom. The largest absolute Gasteiger partial charge is 0.496 e. The minimum Gasteiger partial charge on any atom is -0.496 e. The van der Waals surface area contributed by atoms with Crippen LogP contribution < -0.4 is 4.74 Å². The van der Waals surface area contributed by atoms with Gasteiger partial charge in [0.15, 0.2) is 0 Å². The number of aryl methyl sites for hydroxylation is 1. The fraction of sp³-hybridized carbons (Fsp3) is 0.346. The van der Waals surface area contributed by atoms with E-state index in [2.05, 4.69) is 0 Å². The molecule has 1 aliphatic rings. The predicted octanol–water partition coefficient (Wildman–Crippen LogP) is 4.70. The number of carbonyl (C=O) groups is 1. The molecule has 0 bridgehead atoms. The van der Waals surface area contributed by atoms with Gasteiger partial charge in [-0.05, 0) is 54.5 Å². The van der Waals surface area contributed by atoms with E-state index in [-0.39, 0.29) is 5.91 Å². The molecule has 0 N–H and O–H groups in total. The second kappa shape index (κ2) is 11.2. The van der Waals surface area contributed by atoms with Gasteiger partial charge in [-0.25, -0.2) is 8.42 Å². The van der Waals surface area contributed by atoms with Gasteiger partial charge in [-0.1, -0.05) is 36.4 Å². The highest BCUT2D eigenvalue weighted by Gasteiger charge is 2.27. The highest BCUT2D eigenvalue weighted by molar-refractivity contribution is 7.89. The minimum atomic E-state index is -3.42. The van der Waals surface area contributed by atoms with Crippen LogP contribution in [0.1, 0.15) is 35.3 Å². The van der Waals surface area contributed by atoms with Crippen LogP contribution in [0.5, 0.6) is 5.75 Å². The Morgan fingerprint density at radius 2 is 1.74 bits per heavy atom. The van der Waals surface area contributed by atoms with Crippen LogP contribution in [0.25, 0.3) is 0 Å². The number of hydrogen-bond acceptors (Lipinski definition) is 5. The van der Waals surface area contributed by atoms with Crippen LogP contribution in [0, 0.1) is 0 Å². The van der Waals surface area contributed by atoms with E-state index >= 15 is 0 Å². The zero-order valence-corrected chi connectivity index (χ0v) is 21.0. The SMILES string of the molecule is COc1ccccc1CN(Cc1cccs1)C(=O)CCc1ccc(S(=O)(=O)N2CCCC2)cc1. The van der Waals surface area contributed by atoms with Gasteiger partial charge in [-0.2, -0.15) is 4.31 Å². The molecule has 1 aliphatic heterocycles. The third-order valence-corrected chi connectivity index (χ3v) is 8.86. The van der Waals surface area contributed by atoms with E-state index in [0.29, 0.717) is 43.9 Å². The molecule has 1 saturated heterocycles. The van der Waals surface area contributed by atoms with Crippen molar-refractivity contribution in [2.75, 3.05) is 20.2 Å². The first kappa shape index (κ1) is 24.4. The van der Waals surface area contributed by atoms with E-state index in [9.17, 15) is 13.2 Å². The summed E-state index contributed by atoms with van der Waals surface area (Å²) in [6.07, 6.45) is 2.72. The summed E-state index contributed by atoms with van der Waals surface area (Å²) in [4.78, 5) is 16.5. The molecule has 0 radical (unpaired) electrons. The van der Waals surface area contributed by atoms with Crippen molar-refractivity contribution in [3.8, 4) is 5.75 Å². The Labute approximate surface area is 205 Å². The highest BCUT2D eigenvalue weighted by Crippen LogP contribution is 2.24. The van der Waals surface area contributed by atoms with Crippen LogP contribution in [0.3, 0.4) is 0 Å². The Balaban J connectivity index is 1.43.